The van der Waals surface area contributed by atoms with E-state index in [4.69, 9.17) is 55.1 Å². The van der Waals surface area contributed by atoms with Crippen LogP contribution in [0.5, 0.6) is 23.0 Å². The maximum absolute atomic E-state index is 14.5. The van der Waals surface area contributed by atoms with Crippen LogP contribution in [0, 0.1) is 0 Å². The molecule has 4 saturated heterocycles. The number of rotatable bonds is 16. The van der Waals surface area contributed by atoms with Crippen LogP contribution < -0.4 is 18.1 Å². The molecule has 17 heteroatoms. The van der Waals surface area contributed by atoms with E-state index in [0.717, 1.165) is 0 Å². The van der Waals surface area contributed by atoms with Crippen molar-refractivity contribution in [3.63, 3.8) is 0 Å². The Morgan fingerprint density at radius 2 is 0.925 bits per heavy atom. The molecule has 53 heavy (non-hydrogen) atoms. The molecule has 4 aliphatic rings. The third kappa shape index (κ3) is 9.08. The summed E-state index contributed by atoms with van der Waals surface area (Å²) in [6, 6.07) is 35.7. The van der Waals surface area contributed by atoms with E-state index in [1.165, 1.54) is 0 Å². The number of phosphoric acid groups is 1. The summed E-state index contributed by atoms with van der Waals surface area (Å²) in [4.78, 5) is 0. The molecule has 0 radical (unpaired) electrons. The maximum Gasteiger partial charge on any atom is 0.750 e. The first-order valence-electron chi connectivity index (χ1n) is 17.0. The van der Waals surface area contributed by atoms with Crippen molar-refractivity contribution in [2.45, 2.75) is 48.8 Å². The molecule has 4 heterocycles. The Kier molecular flexibility index (Phi) is 11.6. The average molecular weight is 786 g/mol. The molecule has 10 atom stereocenters. The van der Waals surface area contributed by atoms with Gasteiger partial charge < -0.3 is 32.5 Å². The van der Waals surface area contributed by atoms with Crippen LogP contribution in [0.3, 0.4) is 0 Å². The number of fused-ring (bicyclic) bond motifs is 2. The number of phosphoric ester groups is 1. The summed E-state index contributed by atoms with van der Waals surface area (Å²) < 4.78 is 99.1. The summed E-state index contributed by atoms with van der Waals surface area (Å²) >= 11 is 0. The lowest BCUT2D eigenvalue weighted by molar-refractivity contribution is -0.0216. The molecule has 14 nitrogen and oxygen atoms in total. The van der Waals surface area contributed by atoms with Gasteiger partial charge in [-0.2, -0.15) is 0 Å². The first-order valence-corrected chi connectivity index (χ1v) is 20.6. The Labute approximate surface area is 308 Å². The minimum absolute atomic E-state index is 0.0109. The SMILES string of the molecule is O=[P+](Oc1ccccc1)OC1COC2C(OP(=O)(Oc3ccccc3)OC3COC4C(OP(Oc5ccccc5)Oc5ccccc5)COC34)COC12. The van der Waals surface area contributed by atoms with Gasteiger partial charge in [0.2, 0.25) is 0 Å². The van der Waals surface area contributed by atoms with Crippen LogP contribution in [-0.2, 0) is 46.2 Å². The normalized spacial score (nSPS) is 28.9. The minimum atomic E-state index is -4.40. The molecule has 0 amide bonds. The molecule has 4 aliphatic heterocycles. The van der Waals surface area contributed by atoms with E-state index in [1.807, 2.05) is 66.7 Å². The zero-order valence-corrected chi connectivity index (χ0v) is 30.7. The molecule has 0 bridgehead atoms. The van der Waals surface area contributed by atoms with Crippen molar-refractivity contribution >= 4 is 24.7 Å². The van der Waals surface area contributed by atoms with E-state index >= 15 is 0 Å². The Morgan fingerprint density at radius 3 is 1.43 bits per heavy atom. The average Bonchev–Trinajstić information content (AvgIpc) is 3.96. The quantitative estimate of drug-likeness (QED) is 0.104. The van der Waals surface area contributed by atoms with E-state index in [1.54, 1.807) is 54.6 Å². The van der Waals surface area contributed by atoms with Crippen molar-refractivity contribution in [3.8, 4) is 23.0 Å². The topological polar surface area (TPSA) is 145 Å². The maximum atomic E-state index is 14.5. The largest absolute Gasteiger partial charge is 0.750 e. The fraction of sp³-hybridized carbons (Fsp3) is 0.333. The van der Waals surface area contributed by atoms with Crippen molar-refractivity contribution in [2.75, 3.05) is 26.4 Å². The van der Waals surface area contributed by atoms with Gasteiger partial charge in [0.15, 0.2) is 11.9 Å². The Hall–Kier alpha value is -3.48. The summed E-state index contributed by atoms with van der Waals surface area (Å²) in [6.07, 6.45) is -5.66. The first kappa shape index (κ1) is 36.5. The molecule has 4 fully saturated rings. The van der Waals surface area contributed by atoms with Gasteiger partial charge in [0, 0.05) is 4.57 Å². The predicted molar refractivity (Wildman–Crippen MR) is 189 cm³/mol. The molecule has 4 aromatic carbocycles. The summed E-state index contributed by atoms with van der Waals surface area (Å²) in [7, 11) is -8.85. The second-order valence-corrected chi connectivity index (χ2v) is 15.6. The number of para-hydroxylation sites is 4. The van der Waals surface area contributed by atoms with Gasteiger partial charge in [-0.3, -0.25) is 13.6 Å². The van der Waals surface area contributed by atoms with Crippen LogP contribution >= 0.6 is 24.7 Å². The van der Waals surface area contributed by atoms with Gasteiger partial charge in [-0.1, -0.05) is 72.8 Å². The molecule has 0 aromatic heterocycles. The van der Waals surface area contributed by atoms with Gasteiger partial charge in [0.1, 0.15) is 60.0 Å². The molecule has 0 spiro atoms. The first-order chi connectivity index (χ1) is 26.0. The van der Waals surface area contributed by atoms with Crippen LogP contribution in [-0.4, -0.2) is 75.3 Å². The summed E-state index contributed by atoms with van der Waals surface area (Å²) in [5.41, 5.74) is 0. The molecule has 8 rings (SSSR count). The zero-order valence-electron chi connectivity index (χ0n) is 28.1. The Morgan fingerprint density at radius 1 is 0.528 bits per heavy atom. The zero-order chi connectivity index (χ0) is 36.0. The molecule has 0 saturated carbocycles. The molecule has 0 aliphatic carbocycles. The van der Waals surface area contributed by atoms with Crippen molar-refractivity contribution in [1.82, 2.24) is 0 Å². The highest BCUT2D eigenvalue weighted by Crippen LogP contribution is 2.55. The monoisotopic (exact) mass is 785 g/mol. The van der Waals surface area contributed by atoms with Gasteiger partial charge in [-0.25, -0.2) is 9.09 Å². The molecule has 0 N–H and O–H groups in total. The number of benzene rings is 4. The van der Waals surface area contributed by atoms with Crippen molar-refractivity contribution in [2.24, 2.45) is 0 Å². The van der Waals surface area contributed by atoms with Gasteiger partial charge in [0.25, 0.3) is 0 Å². The number of hydrogen-bond donors (Lipinski definition) is 0. The molecular formula is C36H36O14P3+. The van der Waals surface area contributed by atoms with Gasteiger partial charge in [-0.05, 0) is 48.5 Å². The summed E-state index contributed by atoms with van der Waals surface area (Å²) in [5.74, 6) is 1.82. The highest BCUT2D eigenvalue weighted by molar-refractivity contribution is 7.49. The number of hydrogen-bond acceptors (Lipinski definition) is 14. The van der Waals surface area contributed by atoms with E-state index in [2.05, 4.69) is 0 Å². The smallest absolute Gasteiger partial charge is 0.418 e. The second kappa shape index (κ2) is 16.9. The van der Waals surface area contributed by atoms with Gasteiger partial charge in [0.05, 0.1) is 26.4 Å². The third-order valence-corrected chi connectivity index (χ3v) is 12.1. The molecular weight excluding hydrogens is 749 g/mol. The van der Waals surface area contributed by atoms with E-state index in [-0.39, 0.29) is 32.2 Å². The lowest BCUT2D eigenvalue weighted by atomic mass is 10.1. The Balaban J connectivity index is 0.924. The molecule has 4 aromatic rings. The highest BCUT2D eigenvalue weighted by Gasteiger charge is 2.57. The Bertz CT molecular complexity index is 1790. The molecule has 278 valence electrons. The van der Waals surface area contributed by atoms with Crippen molar-refractivity contribution in [3.05, 3.63) is 121 Å². The standard InChI is InChI=1S/C36H36O14P3/c37-51(43-25-13-5-1-6-14-25)46-29-21-39-35-31(23-41-33(29)35)49-53(38,48-28-19-11-4-12-20-28)50-32-24-42-34-30(22-40-36(32)34)47-52(44-26-15-7-2-8-16-26)45-27-17-9-3-10-18-27/h1-20,29-36H,21-24H2/q+1. The second-order valence-electron chi connectivity index (χ2n) is 12.3. The fourth-order valence-electron chi connectivity index (χ4n) is 6.24. The predicted octanol–water partition coefficient (Wildman–Crippen LogP) is 7.43. The highest BCUT2D eigenvalue weighted by atomic mass is 31.2. The summed E-state index contributed by atoms with van der Waals surface area (Å²) in [6.45, 7) is 0.203. The van der Waals surface area contributed by atoms with Crippen LogP contribution in [0.2, 0.25) is 0 Å². The van der Waals surface area contributed by atoms with E-state index in [9.17, 15) is 9.13 Å². The third-order valence-electron chi connectivity index (χ3n) is 8.63. The van der Waals surface area contributed by atoms with Crippen LogP contribution in [0.15, 0.2) is 121 Å². The number of ether oxygens (including phenoxy) is 4. The van der Waals surface area contributed by atoms with Crippen LogP contribution in [0.25, 0.3) is 0 Å². The van der Waals surface area contributed by atoms with E-state index < -0.39 is 73.5 Å². The summed E-state index contributed by atoms with van der Waals surface area (Å²) in [5, 5.41) is 0. The molecule has 10 unspecified atom stereocenters. The van der Waals surface area contributed by atoms with Crippen molar-refractivity contribution in [1.29, 1.82) is 0 Å². The van der Waals surface area contributed by atoms with Crippen LogP contribution in [0.4, 0.5) is 0 Å². The fourth-order valence-corrected chi connectivity index (χ4v) is 9.63. The van der Waals surface area contributed by atoms with Gasteiger partial charge >= 0.3 is 24.7 Å². The van der Waals surface area contributed by atoms with Crippen LogP contribution in [0.1, 0.15) is 0 Å². The minimum Gasteiger partial charge on any atom is -0.418 e. The van der Waals surface area contributed by atoms with E-state index in [0.29, 0.717) is 17.2 Å². The lowest BCUT2D eigenvalue weighted by Crippen LogP contribution is -2.35. The van der Waals surface area contributed by atoms with Crippen molar-refractivity contribution < 1.29 is 64.3 Å². The lowest BCUT2D eigenvalue weighted by Gasteiger charge is -2.26. The van der Waals surface area contributed by atoms with Gasteiger partial charge in [-0.15, -0.1) is 4.52 Å².